The van der Waals surface area contributed by atoms with Crippen molar-refractivity contribution in [1.82, 2.24) is 0 Å². The Morgan fingerprint density at radius 2 is 2.00 bits per heavy atom. The number of hydrogen-bond donors (Lipinski definition) is 2. The Bertz CT molecular complexity index is 405. The fourth-order valence-corrected chi connectivity index (χ4v) is 2.81. The van der Waals surface area contributed by atoms with E-state index in [0.29, 0.717) is 0 Å². The van der Waals surface area contributed by atoms with Crippen LogP contribution in [0, 0.1) is 6.92 Å². The van der Waals surface area contributed by atoms with Crippen molar-refractivity contribution in [2.24, 2.45) is 0 Å². The number of hydrogen-bond acceptors (Lipinski definition) is 3. The molecule has 2 N–H and O–H groups in total. The zero-order valence-electron chi connectivity index (χ0n) is 11.3. The van der Waals surface area contributed by atoms with Crippen molar-refractivity contribution >= 4 is 5.69 Å². The highest BCUT2D eigenvalue weighted by atomic mass is 16.3. The summed E-state index contributed by atoms with van der Waals surface area (Å²) in [6.07, 6.45) is 4.07. The van der Waals surface area contributed by atoms with Crippen LogP contribution in [0.1, 0.15) is 36.8 Å². The first kappa shape index (κ1) is 13.4. The maximum absolute atomic E-state index is 10.1. The van der Waals surface area contributed by atoms with Crippen molar-refractivity contribution in [2.75, 3.05) is 11.9 Å². The number of aliphatic hydroxyl groups excluding tert-OH is 2. The molecule has 2 atom stereocenters. The van der Waals surface area contributed by atoms with Gasteiger partial charge in [0.1, 0.15) is 0 Å². The van der Waals surface area contributed by atoms with Crippen LogP contribution in [-0.2, 0) is 6.61 Å². The van der Waals surface area contributed by atoms with Crippen LogP contribution in [0.15, 0.2) is 18.2 Å². The van der Waals surface area contributed by atoms with Crippen molar-refractivity contribution in [2.45, 2.75) is 51.4 Å². The summed E-state index contributed by atoms with van der Waals surface area (Å²) in [6.45, 7) is 2.10. The molecule has 0 radical (unpaired) electrons. The molecule has 3 heteroatoms. The summed E-state index contributed by atoms with van der Waals surface area (Å²) in [7, 11) is 2.05. The number of aryl methyl sites for hydroxylation is 1. The number of aliphatic hydroxyl groups is 2. The average molecular weight is 249 g/mol. The zero-order chi connectivity index (χ0) is 13.1. The molecule has 2 rings (SSSR count). The van der Waals surface area contributed by atoms with E-state index in [4.69, 9.17) is 0 Å². The largest absolute Gasteiger partial charge is 0.392 e. The average Bonchev–Trinajstić information content (AvgIpc) is 2.38. The van der Waals surface area contributed by atoms with Crippen molar-refractivity contribution < 1.29 is 10.2 Å². The van der Waals surface area contributed by atoms with Gasteiger partial charge in [0.25, 0.3) is 0 Å². The number of rotatable bonds is 3. The maximum Gasteiger partial charge on any atom is 0.0743 e. The second-order valence-electron chi connectivity index (χ2n) is 5.30. The molecule has 0 bridgehead atoms. The van der Waals surface area contributed by atoms with Crippen molar-refractivity contribution in [1.29, 1.82) is 0 Å². The molecule has 1 aliphatic carbocycles. The van der Waals surface area contributed by atoms with Gasteiger partial charge >= 0.3 is 0 Å². The molecule has 18 heavy (non-hydrogen) atoms. The fraction of sp³-hybridized carbons (Fsp3) is 0.600. The number of anilines is 1. The van der Waals surface area contributed by atoms with Gasteiger partial charge in [0.05, 0.1) is 18.8 Å². The zero-order valence-corrected chi connectivity index (χ0v) is 11.3. The van der Waals surface area contributed by atoms with Crippen molar-refractivity contribution in [3.8, 4) is 0 Å². The van der Waals surface area contributed by atoms with Gasteiger partial charge in [-0.2, -0.15) is 0 Å². The van der Waals surface area contributed by atoms with Gasteiger partial charge in [-0.3, -0.25) is 0 Å². The summed E-state index contributed by atoms with van der Waals surface area (Å²) < 4.78 is 0. The summed E-state index contributed by atoms with van der Waals surface area (Å²) in [6, 6.07) is 6.31. The number of nitrogens with zero attached hydrogens (tertiary/aromatic N) is 1. The van der Waals surface area contributed by atoms with Gasteiger partial charge in [-0.05, 0) is 43.0 Å². The lowest BCUT2D eigenvalue weighted by molar-refractivity contribution is 0.106. The van der Waals surface area contributed by atoms with Crippen molar-refractivity contribution in [3.63, 3.8) is 0 Å². The molecule has 1 fully saturated rings. The molecule has 1 aromatic carbocycles. The van der Waals surface area contributed by atoms with E-state index in [1.807, 2.05) is 26.1 Å². The summed E-state index contributed by atoms with van der Waals surface area (Å²) >= 11 is 0. The van der Waals surface area contributed by atoms with E-state index in [9.17, 15) is 10.2 Å². The Hall–Kier alpha value is -1.06. The first-order valence-corrected chi connectivity index (χ1v) is 6.74. The van der Waals surface area contributed by atoms with Gasteiger partial charge in [-0.1, -0.05) is 18.9 Å². The minimum Gasteiger partial charge on any atom is -0.392 e. The van der Waals surface area contributed by atoms with Gasteiger partial charge in [0.2, 0.25) is 0 Å². The van der Waals surface area contributed by atoms with E-state index in [-0.39, 0.29) is 18.8 Å². The van der Waals surface area contributed by atoms with Crippen LogP contribution in [0.3, 0.4) is 0 Å². The van der Waals surface area contributed by atoms with E-state index < -0.39 is 0 Å². The Balaban J connectivity index is 2.17. The Kier molecular flexibility index (Phi) is 4.25. The molecule has 1 aliphatic rings. The highest BCUT2D eigenvalue weighted by Gasteiger charge is 2.26. The van der Waals surface area contributed by atoms with E-state index in [2.05, 4.69) is 11.0 Å². The molecular weight excluding hydrogens is 226 g/mol. The SMILES string of the molecule is Cc1cc(N(C)C2CCCCC2O)ccc1CO. The standard InChI is InChI=1S/C15H23NO2/c1-11-9-13(8-7-12(11)10-17)16(2)14-5-3-4-6-15(14)18/h7-9,14-15,17-18H,3-6,10H2,1-2H3. The van der Waals surface area contributed by atoms with E-state index in [1.165, 1.54) is 6.42 Å². The summed E-state index contributed by atoms with van der Waals surface area (Å²) in [5.74, 6) is 0. The van der Waals surface area contributed by atoms with Crippen LogP contribution in [0.25, 0.3) is 0 Å². The fourth-order valence-electron chi connectivity index (χ4n) is 2.81. The molecule has 2 unspecified atom stereocenters. The van der Waals surface area contributed by atoms with E-state index in [0.717, 1.165) is 36.1 Å². The Morgan fingerprint density at radius 1 is 1.28 bits per heavy atom. The van der Waals surface area contributed by atoms with Crippen LogP contribution in [-0.4, -0.2) is 29.4 Å². The van der Waals surface area contributed by atoms with E-state index in [1.54, 1.807) is 0 Å². The van der Waals surface area contributed by atoms with Gasteiger partial charge in [-0.25, -0.2) is 0 Å². The molecule has 3 nitrogen and oxygen atoms in total. The molecule has 100 valence electrons. The lowest BCUT2D eigenvalue weighted by Gasteiger charge is -2.36. The molecule has 1 aromatic rings. The monoisotopic (exact) mass is 249 g/mol. The van der Waals surface area contributed by atoms with E-state index >= 15 is 0 Å². The number of benzene rings is 1. The molecule has 0 spiro atoms. The van der Waals surface area contributed by atoms with Gasteiger partial charge in [-0.15, -0.1) is 0 Å². The summed E-state index contributed by atoms with van der Waals surface area (Å²) in [5, 5.41) is 19.3. The predicted molar refractivity (Wildman–Crippen MR) is 73.8 cm³/mol. The minimum absolute atomic E-state index is 0.0852. The van der Waals surface area contributed by atoms with Gasteiger partial charge in [0, 0.05) is 12.7 Å². The molecule has 1 saturated carbocycles. The van der Waals surface area contributed by atoms with Crippen LogP contribution in [0.5, 0.6) is 0 Å². The molecule has 0 aromatic heterocycles. The van der Waals surface area contributed by atoms with Crippen LogP contribution in [0.4, 0.5) is 5.69 Å². The second-order valence-corrected chi connectivity index (χ2v) is 5.30. The van der Waals surface area contributed by atoms with Gasteiger partial charge < -0.3 is 15.1 Å². The molecule has 0 saturated heterocycles. The molecule has 0 heterocycles. The first-order chi connectivity index (χ1) is 8.63. The lowest BCUT2D eigenvalue weighted by Crippen LogP contribution is -2.43. The number of likely N-dealkylation sites (N-methyl/N-ethyl adjacent to an activating group) is 1. The van der Waals surface area contributed by atoms with Crippen LogP contribution < -0.4 is 4.90 Å². The predicted octanol–water partition coefficient (Wildman–Crippen LogP) is 2.23. The third-order valence-corrected chi connectivity index (χ3v) is 4.10. The quantitative estimate of drug-likeness (QED) is 0.863. The summed E-state index contributed by atoms with van der Waals surface area (Å²) in [5.41, 5.74) is 3.19. The van der Waals surface area contributed by atoms with Gasteiger partial charge in [0.15, 0.2) is 0 Å². The topological polar surface area (TPSA) is 43.7 Å². The third-order valence-electron chi connectivity index (χ3n) is 4.10. The van der Waals surface area contributed by atoms with Crippen LogP contribution >= 0.6 is 0 Å². The second kappa shape index (κ2) is 5.72. The smallest absolute Gasteiger partial charge is 0.0743 e. The molecule has 0 aliphatic heterocycles. The maximum atomic E-state index is 10.1. The Labute approximate surface area is 109 Å². The highest BCUT2D eigenvalue weighted by molar-refractivity contribution is 5.51. The Morgan fingerprint density at radius 3 is 2.61 bits per heavy atom. The van der Waals surface area contributed by atoms with Crippen molar-refractivity contribution in [3.05, 3.63) is 29.3 Å². The first-order valence-electron chi connectivity index (χ1n) is 6.74. The molecule has 0 amide bonds. The molecular formula is C15H23NO2. The third kappa shape index (κ3) is 2.68. The lowest BCUT2D eigenvalue weighted by atomic mass is 9.91. The van der Waals surface area contributed by atoms with Crippen LogP contribution in [0.2, 0.25) is 0 Å². The summed E-state index contributed by atoms with van der Waals surface area (Å²) in [4.78, 5) is 2.18. The minimum atomic E-state index is -0.221. The normalized spacial score (nSPS) is 24.0. The highest BCUT2D eigenvalue weighted by Crippen LogP contribution is 2.27.